The fraction of sp³-hybridized carbons (Fsp3) is 0.500. The van der Waals surface area contributed by atoms with Crippen LogP contribution < -0.4 is 10.5 Å². The summed E-state index contributed by atoms with van der Waals surface area (Å²) in [6.45, 7) is 5.91. The van der Waals surface area contributed by atoms with Crippen molar-refractivity contribution in [2.24, 2.45) is 10.7 Å². The molecule has 1 aromatic rings. The van der Waals surface area contributed by atoms with Crippen molar-refractivity contribution in [3.63, 3.8) is 0 Å². The summed E-state index contributed by atoms with van der Waals surface area (Å²) in [5, 5.41) is 0. The lowest BCUT2D eigenvalue weighted by Crippen LogP contribution is -2.37. The second-order valence-electron chi connectivity index (χ2n) is 4.54. The van der Waals surface area contributed by atoms with Crippen LogP contribution in [0.1, 0.15) is 19.4 Å². The highest BCUT2D eigenvalue weighted by molar-refractivity contribution is 14.0. The molecule has 22 heavy (non-hydrogen) atoms. The average Bonchev–Trinajstić information content (AvgIpc) is 2.47. The lowest BCUT2D eigenvalue weighted by Gasteiger charge is -2.19. The smallest absolute Gasteiger partial charge is 0.213 e. The number of nitrogens with two attached hydrogens (primary N) is 1. The first-order chi connectivity index (χ1) is 9.98. The molecule has 0 aliphatic carbocycles. The molecule has 0 saturated carbocycles. The number of guanidine groups is 1. The van der Waals surface area contributed by atoms with Gasteiger partial charge in [0.25, 0.3) is 0 Å². The Morgan fingerprint density at radius 2 is 1.82 bits per heavy atom. The van der Waals surface area contributed by atoms with Crippen molar-refractivity contribution in [1.29, 1.82) is 0 Å². The van der Waals surface area contributed by atoms with Crippen LogP contribution in [0.25, 0.3) is 0 Å². The molecular formula is C14H25IN4O2S. The molecule has 1 rings (SSSR count). The van der Waals surface area contributed by atoms with Crippen molar-refractivity contribution >= 4 is 40.0 Å². The van der Waals surface area contributed by atoms with Crippen LogP contribution in [-0.4, -0.2) is 44.7 Å². The molecule has 0 unspecified atom stereocenters. The molecule has 6 nitrogen and oxygen atoms in total. The van der Waals surface area contributed by atoms with Crippen LogP contribution in [0.2, 0.25) is 0 Å². The molecule has 8 heteroatoms. The van der Waals surface area contributed by atoms with Gasteiger partial charge in [-0.05, 0) is 19.4 Å². The van der Waals surface area contributed by atoms with Gasteiger partial charge in [0.15, 0.2) is 5.96 Å². The number of halogens is 1. The third-order valence-electron chi connectivity index (χ3n) is 3.06. The van der Waals surface area contributed by atoms with Gasteiger partial charge in [0.1, 0.15) is 0 Å². The van der Waals surface area contributed by atoms with E-state index in [4.69, 9.17) is 5.73 Å². The third kappa shape index (κ3) is 7.95. The van der Waals surface area contributed by atoms with Gasteiger partial charge in [0.05, 0.1) is 12.3 Å². The summed E-state index contributed by atoms with van der Waals surface area (Å²) < 4.78 is 26.3. The zero-order valence-corrected chi connectivity index (χ0v) is 16.2. The zero-order valence-electron chi connectivity index (χ0n) is 13.0. The summed E-state index contributed by atoms with van der Waals surface area (Å²) in [6, 6.07) is 9.39. The standard InChI is InChI=1S/C14H24N4O2S.HI/c1-3-18(4-2)14(15)16-10-11-21(19,20)17-12-13-8-6-5-7-9-13;/h5-9,17H,3-4,10-12H2,1-2H3,(H2,15,16);1H. The molecule has 0 saturated heterocycles. The number of sulfonamides is 1. The van der Waals surface area contributed by atoms with Gasteiger partial charge in [-0.2, -0.15) is 0 Å². The van der Waals surface area contributed by atoms with Gasteiger partial charge in [-0.25, -0.2) is 13.1 Å². The Morgan fingerprint density at radius 1 is 1.23 bits per heavy atom. The molecular weight excluding hydrogens is 415 g/mol. The molecule has 0 bridgehead atoms. The number of benzene rings is 1. The van der Waals surface area contributed by atoms with Crippen LogP contribution in [-0.2, 0) is 16.6 Å². The van der Waals surface area contributed by atoms with Crippen LogP contribution in [0.4, 0.5) is 0 Å². The number of aliphatic imine (C=N–C) groups is 1. The van der Waals surface area contributed by atoms with E-state index < -0.39 is 10.0 Å². The summed E-state index contributed by atoms with van der Waals surface area (Å²) in [7, 11) is -3.35. The minimum atomic E-state index is -3.35. The van der Waals surface area contributed by atoms with E-state index in [0.717, 1.165) is 18.7 Å². The Labute approximate surface area is 150 Å². The summed E-state index contributed by atoms with van der Waals surface area (Å²) >= 11 is 0. The van der Waals surface area contributed by atoms with Gasteiger partial charge in [-0.1, -0.05) is 30.3 Å². The number of hydrogen-bond donors (Lipinski definition) is 2. The fourth-order valence-corrected chi connectivity index (χ4v) is 2.65. The molecule has 0 radical (unpaired) electrons. The molecule has 0 aromatic heterocycles. The molecule has 126 valence electrons. The Bertz CT molecular complexity index is 545. The molecule has 0 aliphatic heterocycles. The molecule has 0 heterocycles. The van der Waals surface area contributed by atoms with E-state index in [0.29, 0.717) is 12.5 Å². The molecule has 0 spiro atoms. The van der Waals surface area contributed by atoms with Gasteiger partial charge in [0, 0.05) is 19.6 Å². The number of nitrogens with zero attached hydrogens (tertiary/aromatic N) is 2. The van der Waals surface area contributed by atoms with E-state index in [1.165, 1.54) is 0 Å². The first kappa shape index (κ1) is 21.1. The number of nitrogens with one attached hydrogen (secondary N) is 1. The molecule has 0 amide bonds. The van der Waals surface area contributed by atoms with E-state index in [1.807, 2.05) is 49.1 Å². The number of hydrogen-bond acceptors (Lipinski definition) is 3. The average molecular weight is 440 g/mol. The van der Waals surface area contributed by atoms with Crippen molar-refractivity contribution in [3.8, 4) is 0 Å². The summed E-state index contributed by atoms with van der Waals surface area (Å²) in [5.74, 6) is 0.320. The minimum Gasteiger partial charge on any atom is -0.370 e. The highest BCUT2D eigenvalue weighted by atomic mass is 127. The van der Waals surface area contributed by atoms with E-state index in [1.54, 1.807) is 0 Å². The maximum Gasteiger partial charge on any atom is 0.213 e. The van der Waals surface area contributed by atoms with Gasteiger partial charge in [-0.3, -0.25) is 4.99 Å². The van der Waals surface area contributed by atoms with Crippen LogP contribution in [0, 0.1) is 0 Å². The maximum absolute atomic E-state index is 11.9. The lowest BCUT2D eigenvalue weighted by molar-refractivity contribution is 0.458. The molecule has 0 fully saturated rings. The first-order valence-electron chi connectivity index (χ1n) is 7.04. The normalized spacial score (nSPS) is 11.8. The summed E-state index contributed by atoms with van der Waals surface area (Å²) in [4.78, 5) is 5.99. The second-order valence-corrected chi connectivity index (χ2v) is 6.46. The Morgan fingerprint density at radius 3 is 2.36 bits per heavy atom. The first-order valence-corrected chi connectivity index (χ1v) is 8.69. The van der Waals surface area contributed by atoms with Crippen molar-refractivity contribution in [1.82, 2.24) is 9.62 Å². The lowest BCUT2D eigenvalue weighted by atomic mass is 10.2. The van der Waals surface area contributed by atoms with E-state index in [-0.39, 0.29) is 36.3 Å². The fourth-order valence-electron chi connectivity index (χ4n) is 1.79. The monoisotopic (exact) mass is 440 g/mol. The van der Waals surface area contributed by atoms with E-state index in [2.05, 4.69) is 9.71 Å². The third-order valence-corrected chi connectivity index (χ3v) is 4.36. The van der Waals surface area contributed by atoms with Crippen LogP contribution >= 0.6 is 24.0 Å². The predicted molar refractivity (Wildman–Crippen MR) is 102 cm³/mol. The molecule has 0 aliphatic rings. The Hall–Kier alpha value is -0.870. The topological polar surface area (TPSA) is 87.8 Å². The van der Waals surface area contributed by atoms with E-state index >= 15 is 0 Å². The number of rotatable bonds is 8. The highest BCUT2D eigenvalue weighted by Crippen LogP contribution is 1.99. The van der Waals surface area contributed by atoms with Crippen molar-refractivity contribution in [2.75, 3.05) is 25.4 Å². The maximum atomic E-state index is 11.9. The minimum absolute atomic E-state index is 0. The zero-order chi connectivity index (χ0) is 15.7. The van der Waals surface area contributed by atoms with Crippen molar-refractivity contribution < 1.29 is 8.42 Å². The van der Waals surface area contributed by atoms with Crippen LogP contribution in [0.5, 0.6) is 0 Å². The van der Waals surface area contributed by atoms with Crippen molar-refractivity contribution in [2.45, 2.75) is 20.4 Å². The van der Waals surface area contributed by atoms with Gasteiger partial charge in [-0.15, -0.1) is 24.0 Å². The van der Waals surface area contributed by atoms with Gasteiger partial charge < -0.3 is 10.6 Å². The molecule has 3 N–H and O–H groups in total. The van der Waals surface area contributed by atoms with Crippen LogP contribution in [0.15, 0.2) is 35.3 Å². The molecule has 1 aromatic carbocycles. The highest BCUT2D eigenvalue weighted by Gasteiger charge is 2.10. The Balaban J connectivity index is 0.00000441. The predicted octanol–water partition coefficient (Wildman–Crippen LogP) is 1.38. The quantitative estimate of drug-likeness (QED) is 0.363. The summed E-state index contributed by atoms with van der Waals surface area (Å²) in [6.07, 6.45) is 0. The van der Waals surface area contributed by atoms with Crippen molar-refractivity contribution in [3.05, 3.63) is 35.9 Å². The summed E-state index contributed by atoms with van der Waals surface area (Å²) in [5.41, 5.74) is 6.72. The second kappa shape index (κ2) is 10.8. The largest absolute Gasteiger partial charge is 0.370 e. The van der Waals surface area contributed by atoms with E-state index in [9.17, 15) is 8.42 Å². The molecule has 0 atom stereocenters. The Kier molecular flexibility index (Phi) is 10.4. The SMILES string of the molecule is CCN(CC)C(N)=NCCS(=O)(=O)NCc1ccccc1.I. The van der Waals surface area contributed by atoms with Crippen LogP contribution in [0.3, 0.4) is 0 Å². The van der Waals surface area contributed by atoms with Gasteiger partial charge >= 0.3 is 0 Å². The van der Waals surface area contributed by atoms with Gasteiger partial charge in [0.2, 0.25) is 10.0 Å².